The van der Waals surface area contributed by atoms with Crippen molar-refractivity contribution in [1.29, 1.82) is 0 Å². The van der Waals surface area contributed by atoms with Crippen LogP contribution in [-0.4, -0.2) is 4.57 Å². The second-order valence-electron chi connectivity index (χ2n) is 5.51. The largest absolute Gasteiger partial charge is 0.316 e. The minimum atomic E-state index is -0.212. The van der Waals surface area contributed by atoms with Crippen LogP contribution in [0, 0.1) is 12.7 Å². The molecule has 0 aliphatic heterocycles. The molecule has 0 aliphatic rings. The Morgan fingerprint density at radius 3 is 2.39 bits per heavy atom. The van der Waals surface area contributed by atoms with Crippen molar-refractivity contribution in [2.45, 2.75) is 26.8 Å². The topological polar surface area (TPSA) is 17.3 Å². The maximum absolute atomic E-state index is 13.2. The van der Waals surface area contributed by atoms with Gasteiger partial charge in [-0.1, -0.05) is 24.6 Å². The minimum absolute atomic E-state index is 0.212. The van der Waals surface area contributed by atoms with Gasteiger partial charge in [0, 0.05) is 11.9 Å². The molecule has 0 unspecified atom stereocenters. The number of hydrogen-bond acceptors (Lipinski definition) is 2. The van der Waals surface area contributed by atoms with Gasteiger partial charge in [-0.2, -0.15) is 0 Å². The average Bonchev–Trinajstić information content (AvgIpc) is 2.94. The Balaban J connectivity index is 2.08. The first-order valence-corrected chi connectivity index (χ1v) is 8.61. The summed E-state index contributed by atoms with van der Waals surface area (Å²) in [5.74, 6) is -0.212. The normalized spacial score (nSPS) is 11.9. The molecule has 0 amide bonds. The molecular formula is C19H19FN2S. The smallest absolute Gasteiger partial charge is 0.190 e. The molecule has 3 aromatic rings. The summed E-state index contributed by atoms with van der Waals surface area (Å²) in [6.45, 7) is 5.11. The first-order chi connectivity index (χ1) is 11.2. The summed E-state index contributed by atoms with van der Waals surface area (Å²) in [5.41, 5.74) is 4.28. The van der Waals surface area contributed by atoms with Gasteiger partial charge in [-0.05, 0) is 55.3 Å². The predicted octanol–water partition coefficient (Wildman–Crippen LogP) is 5.31. The van der Waals surface area contributed by atoms with Gasteiger partial charge in [0.2, 0.25) is 0 Å². The van der Waals surface area contributed by atoms with Crippen LogP contribution in [0.5, 0.6) is 0 Å². The van der Waals surface area contributed by atoms with E-state index in [4.69, 9.17) is 4.99 Å². The lowest BCUT2D eigenvalue weighted by atomic mass is 10.1. The van der Waals surface area contributed by atoms with Crippen LogP contribution in [0.2, 0.25) is 0 Å². The Kier molecular flexibility index (Phi) is 4.72. The molecule has 0 saturated carbocycles. The van der Waals surface area contributed by atoms with Gasteiger partial charge in [0.05, 0.1) is 11.4 Å². The third-order valence-corrected chi connectivity index (χ3v) is 4.51. The van der Waals surface area contributed by atoms with E-state index in [9.17, 15) is 4.39 Å². The van der Waals surface area contributed by atoms with Crippen LogP contribution in [-0.2, 0) is 6.54 Å². The van der Waals surface area contributed by atoms with Gasteiger partial charge < -0.3 is 4.57 Å². The number of aromatic nitrogens is 1. The number of benzene rings is 2. The Labute approximate surface area is 139 Å². The van der Waals surface area contributed by atoms with Crippen LogP contribution in [0.1, 0.15) is 18.9 Å². The lowest BCUT2D eigenvalue weighted by Crippen LogP contribution is -2.15. The van der Waals surface area contributed by atoms with Crippen molar-refractivity contribution in [3.05, 3.63) is 70.1 Å². The second-order valence-corrected chi connectivity index (χ2v) is 6.35. The van der Waals surface area contributed by atoms with Gasteiger partial charge in [-0.15, -0.1) is 11.3 Å². The summed E-state index contributed by atoms with van der Waals surface area (Å²) in [6.07, 6.45) is 1.02. The molecule has 0 fully saturated rings. The van der Waals surface area contributed by atoms with Crippen LogP contribution >= 0.6 is 11.3 Å². The lowest BCUT2D eigenvalue weighted by Gasteiger charge is -2.07. The van der Waals surface area contributed by atoms with Gasteiger partial charge in [-0.3, -0.25) is 0 Å². The quantitative estimate of drug-likeness (QED) is 0.618. The summed E-state index contributed by atoms with van der Waals surface area (Å²) in [6, 6.07) is 14.8. The van der Waals surface area contributed by atoms with E-state index in [-0.39, 0.29) is 5.82 Å². The average molecular weight is 326 g/mol. The molecule has 4 heteroatoms. The number of rotatable bonds is 4. The Bertz CT molecular complexity index is 842. The standard InChI is InChI=1S/C19H19FN2S/c1-3-12-22-18(15-6-8-16(20)9-7-15)13-23-19(22)21-17-10-4-14(2)5-11-17/h4-11,13H,3,12H2,1-2H3. The van der Waals surface area contributed by atoms with Crippen LogP contribution in [0.25, 0.3) is 11.3 Å². The first kappa shape index (κ1) is 15.7. The molecule has 3 rings (SSSR count). The van der Waals surface area contributed by atoms with Gasteiger partial charge in [0.1, 0.15) is 5.82 Å². The summed E-state index contributed by atoms with van der Waals surface area (Å²) in [7, 11) is 0. The van der Waals surface area contributed by atoms with Crippen molar-refractivity contribution in [2.75, 3.05) is 0 Å². The Morgan fingerprint density at radius 1 is 1.04 bits per heavy atom. The summed E-state index contributed by atoms with van der Waals surface area (Å²) in [4.78, 5) is 5.74. The number of hydrogen-bond donors (Lipinski definition) is 0. The highest BCUT2D eigenvalue weighted by Crippen LogP contribution is 2.21. The third kappa shape index (κ3) is 3.59. The van der Waals surface area contributed by atoms with Crippen LogP contribution in [0.4, 0.5) is 10.1 Å². The zero-order valence-corrected chi connectivity index (χ0v) is 14.1. The van der Waals surface area contributed by atoms with Gasteiger partial charge in [0.15, 0.2) is 4.80 Å². The zero-order valence-electron chi connectivity index (χ0n) is 13.3. The molecule has 0 bridgehead atoms. The molecular weight excluding hydrogens is 307 g/mol. The molecule has 118 valence electrons. The van der Waals surface area contributed by atoms with E-state index in [0.29, 0.717) is 0 Å². The predicted molar refractivity (Wildman–Crippen MR) is 94.4 cm³/mol. The fourth-order valence-corrected chi connectivity index (χ4v) is 3.39. The van der Waals surface area contributed by atoms with E-state index in [1.54, 1.807) is 11.3 Å². The highest BCUT2D eigenvalue weighted by atomic mass is 32.1. The van der Waals surface area contributed by atoms with Gasteiger partial charge in [-0.25, -0.2) is 9.38 Å². The highest BCUT2D eigenvalue weighted by Gasteiger charge is 2.07. The second kappa shape index (κ2) is 6.92. The highest BCUT2D eigenvalue weighted by molar-refractivity contribution is 7.07. The molecule has 0 atom stereocenters. The molecule has 2 aromatic carbocycles. The van der Waals surface area contributed by atoms with Crippen molar-refractivity contribution < 1.29 is 4.39 Å². The van der Waals surface area contributed by atoms with E-state index in [1.807, 2.05) is 24.3 Å². The van der Waals surface area contributed by atoms with Crippen molar-refractivity contribution in [3.8, 4) is 11.3 Å². The molecule has 23 heavy (non-hydrogen) atoms. The molecule has 0 saturated heterocycles. The maximum Gasteiger partial charge on any atom is 0.190 e. The SMILES string of the molecule is CCCn1c(-c2ccc(F)cc2)csc1=Nc1ccc(C)cc1. The van der Waals surface area contributed by atoms with Gasteiger partial charge >= 0.3 is 0 Å². The van der Waals surface area contributed by atoms with Crippen LogP contribution in [0.15, 0.2) is 58.9 Å². The third-order valence-electron chi connectivity index (χ3n) is 3.64. The molecule has 1 aromatic heterocycles. The number of nitrogens with zero attached hydrogens (tertiary/aromatic N) is 2. The molecule has 0 N–H and O–H groups in total. The molecule has 0 spiro atoms. The van der Waals surface area contributed by atoms with E-state index in [0.717, 1.165) is 34.7 Å². The molecule has 0 aliphatic carbocycles. The maximum atomic E-state index is 13.2. The minimum Gasteiger partial charge on any atom is -0.316 e. The fourth-order valence-electron chi connectivity index (χ4n) is 2.44. The van der Waals surface area contributed by atoms with Crippen molar-refractivity contribution in [3.63, 3.8) is 0 Å². The number of halogens is 1. The summed E-state index contributed by atoms with van der Waals surface area (Å²) >= 11 is 1.62. The summed E-state index contributed by atoms with van der Waals surface area (Å²) in [5, 5.41) is 2.09. The first-order valence-electron chi connectivity index (χ1n) is 7.73. The molecule has 1 heterocycles. The molecule has 0 radical (unpaired) electrons. The van der Waals surface area contributed by atoms with E-state index >= 15 is 0 Å². The van der Waals surface area contributed by atoms with E-state index in [1.165, 1.54) is 17.7 Å². The summed E-state index contributed by atoms with van der Waals surface area (Å²) < 4.78 is 15.4. The van der Waals surface area contributed by atoms with E-state index in [2.05, 4.69) is 35.9 Å². The number of thiazole rings is 1. The monoisotopic (exact) mass is 326 g/mol. The van der Waals surface area contributed by atoms with Crippen molar-refractivity contribution in [2.24, 2.45) is 4.99 Å². The lowest BCUT2D eigenvalue weighted by molar-refractivity contribution is 0.627. The van der Waals surface area contributed by atoms with Crippen LogP contribution in [0.3, 0.4) is 0 Å². The van der Waals surface area contributed by atoms with Gasteiger partial charge in [0.25, 0.3) is 0 Å². The fraction of sp³-hybridized carbons (Fsp3) is 0.211. The zero-order chi connectivity index (χ0) is 16.2. The number of aryl methyl sites for hydroxylation is 1. The Hall–Kier alpha value is -2.20. The molecule has 2 nitrogen and oxygen atoms in total. The van der Waals surface area contributed by atoms with Crippen molar-refractivity contribution in [1.82, 2.24) is 4.57 Å². The van der Waals surface area contributed by atoms with Crippen LogP contribution < -0.4 is 4.80 Å². The van der Waals surface area contributed by atoms with E-state index < -0.39 is 0 Å². The van der Waals surface area contributed by atoms with Crippen molar-refractivity contribution >= 4 is 17.0 Å². The Morgan fingerprint density at radius 2 is 1.74 bits per heavy atom.